The van der Waals surface area contributed by atoms with Crippen molar-refractivity contribution in [1.29, 1.82) is 0 Å². The summed E-state index contributed by atoms with van der Waals surface area (Å²) in [5, 5.41) is 11.0. The zero-order valence-corrected chi connectivity index (χ0v) is 31.0. The fraction of sp³-hybridized carbons (Fsp3) is 0.488. The van der Waals surface area contributed by atoms with E-state index in [4.69, 9.17) is 5.73 Å². The molecule has 0 bridgehead atoms. The topological polar surface area (TPSA) is 130 Å². The molecule has 0 saturated heterocycles. The van der Waals surface area contributed by atoms with Gasteiger partial charge in [0.15, 0.2) is 18.3 Å². The maximum Gasteiger partial charge on any atom is 0.228 e. The predicted molar refractivity (Wildman–Crippen MR) is 208 cm³/mol. The molecule has 3 aliphatic rings. The van der Waals surface area contributed by atoms with Crippen molar-refractivity contribution in [2.45, 2.75) is 83.6 Å². The van der Waals surface area contributed by atoms with Crippen molar-refractivity contribution in [2.75, 3.05) is 32.6 Å². The zero-order valence-electron chi connectivity index (χ0n) is 31.0. The largest absolute Gasteiger partial charge is 0.330 e. The Morgan fingerprint density at radius 3 is 2.13 bits per heavy atom. The first-order chi connectivity index (χ1) is 25.2. The Labute approximate surface area is 308 Å². The summed E-state index contributed by atoms with van der Waals surface area (Å²) in [4.78, 5) is 47.2. The number of benzene rings is 3. The summed E-state index contributed by atoms with van der Waals surface area (Å²) in [7, 11) is 4.29. The Bertz CT molecular complexity index is 1770. The van der Waals surface area contributed by atoms with Crippen molar-refractivity contribution in [3.63, 3.8) is 0 Å². The van der Waals surface area contributed by atoms with Crippen LogP contribution in [-0.2, 0) is 16.0 Å². The van der Waals surface area contributed by atoms with E-state index in [-0.39, 0.29) is 29.8 Å². The van der Waals surface area contributed by atoms with Crippen molar-refractivity contribution >= 4 is 29.0 Å². The quantitative estimate of drug-likeness (QED) is 0.164. The van der Waals surface area contributed by atoms with Crippen LogP contribution in [0.3, 0.4) is 0 Å². The molecule has 3 N–H and O–H groups in total. The molecule has 3 aromatic rings. The molecule has 1 unspecified atom stereocenters. The summed E-state index contributed by atoms with van der Waals surface area (Å²) in [6, 6.07) is 22.4. The van der Waals surface area contributed by atoms with Gasteiger partial charge in [0.2, 0.25) is 5.91 Å². The van der Waals surface area contributed by atoms with Gasteiger partial charge in [-0.25, -0.2) is 4.99 Å². The van der Waals surface area contributed by atoms with Crippen molar-refractivity contribution in [3.05, 3.63) is 89.0 Å². The number of carbonyl (C=O) groups excluding carboxylic acids is 3. The van der Waals surface area contributed by atoms with E-state index in [1.807, 2.05) is 36.4 Å². The number of hydrogen-bond donors (Lipinski definition) is 2. The summed E-state index contributed by atoms with van der Waals surface area (Å²) in [6.45, 7) is 3.06. The number of nitrogens with one attached hydrogen (secondary N) is 1. The molecule has 1 aliphatic heterocycles. The average Bonchev–Trinajstić information content (AvgIpc) is 3.71. The van der Waals surface area contributed by atoms with E-state index in [1.54, 1.807) is 0 Å². The van der Waals surface area contributed by atoms with Crippen molar-refractivity contribution in [3.8, 4) is 11.1 Å². The van der Waals surface area contributed by atoms with Crippen LogP contribution in [0.15, 0.2) is 82.0 Å². The molecule has 2 fully saturated rings. The lowest BCUT2D eigenvalue weighted by molar-refractivity contribution is -0.129. The summed E-state index contributed by atoms with van der Waals surface area (Å²) >= 11 is 0. The zero-order chi connectivity index (χ0) is 36.6. The molecular weight excluding hydrogens is 649 g/mol. The number of aliphatic imine (C=N–C) groups is 1. The second kappa shape index (κ2) is 17.5. The molecule has 1 heterocycles. The molecule has 1 amide bonds. The maximum atomic E-state index is 13.8. The minimum atomic E-state index is -0.511. The van der Waals surface area contributed by atoms with E-state index in [2.05, 4.69) is 76.8 Å². The van der Waals surface area contributed by atoms with Crippen LogP contribution in [0.5, 0.6) is 0 Å². The Hall–Kier alpha value is -4.34. The molecule has 0 aromatic heterocycles. The van der Waals surface area contributed by atoms with Crippen LogP contribution in [0.2, 0.25) is 0 Å². The third-order valence-electron chi connectivity index (χ3n) is 11.6. The lowest BCUT2D eigenvalue weighted by Crippen LogP contribution is -2.32. The predicted octanol–water partition coefficient (Wildman–Crippen LogP) is 8.05. The van der Waals surface area contributed by atoms with Crippen LogP contribution in [0.25, 0.3) is 11.1 Å². The molecule has 9 heteroatoms. The van der Waals surface area contributed by atoms with E-state index in [9.17, 15) is 14.4 Å². The van der Waals surface area contributed by atoms with Crippen LogP contribution in [0, 0.1) is 30.6 Å². The molecule has 274 valence electrons. The number of Topliss-reactive ketones (excluding diaryl/α,β-unsaturated/α-hetero) is 2. The van der Waals surface area contributed by atoms with Gasteiger partial charge in [-0.3, -0.25) is 14.4 Å². The molecule has 52 heavy (non-hydrogen) atoms. The van der Waals surface area contributed by atoms with Crippen molar-refractivity contribution < 1.29 is 14.4 Å². The number of nitrogens with two attached hydrogens (primary N) is 1. The summed E-state index contributed by atoms with van der Waals surface area (Å²) in [5.41, 5.74) is 12.4. The maximum absolute atomic E-state index is 13.8. The standard InChI is InChI=1S/C43H54N6O3/c1-28-22-35(40(50)24-30-8-19-38(20-9-30)49(2)3)16-21-39(28)32-10-4-29(5-11-32)23-36(25-41(51)33-12-6-31(26-44)7-13-33)43(52)47-37-17-14-34(15-18-37)42-45-27-46-48-42/h4-5,10-11,14-18,21-22,30-31,33,36,38H,6-9,12-13,19-20,23-27,44H2,1-3H3,(H,47,52). The van der Waals surface area contributed by atoms with Gasteiger partial charge in [-0.15, -0.1) is 5.11 Å². The molecule has 2 saturated carbocycles. The second-order valence-corrected chi connectivity index (χ2v) is 15.4. The fourth-order valence-electron chi connectivity index (χ4n) is 8.22. The number of ketones is 2. The number of hydrogen-bond acceptors (Lipinski definition) is 8. The fourth-order valence-corrected chi connectivity index (χ4v) is 8.22. The van der Waals surface area contributed by atoms with E-state index in [1.165, 1.54) is 0 Å². The van der Waals surface area contributed by atoms with Gasteiger partial charge in [0, 0.05) is 47.5 Å². The first-order valence-electron chi connectivity index (χ1n) is 19.1. The summed E-state index contributed by atoms with van der Waals surface area (Å²) in [6.07, 6.45) is 9.44. The number of carbonyl (C=O) groups is 3. The minimum absolute atomic E-state index is 0.0166. The molecule has 0 spiro atoms. The van der Waals surface area contributed by atoms with Crippen molar-refractivity contribution in [1.82, 2.24) is 4.90 Å². The monoisotopic (exact) mass is 702 g/mol. The Morgan fingerprint density at radius 2 is 1.52 bits per heavy atom. The first kappa shape index (κ1) is 37.4. The third kappa shape index (κ3) is 9.55. The Kier molecular flexibility index (Phi) is 12.6. The molecule has 1 atom stereocenters. The van der Waals surface area contributed by atoms with E-state index in [0.29, 0.717) is 55.5 Å². The number of nitrogens with zero attached hydrogens (tertiary/aromatic N) is 4. The highest BCUT2D eigenvalue weighted by atomic mass is 16.2. The van der Waals surface area contributed by atoms with Crippen LogP contribution in [-0.4, -0.2) is 61.6 Å². The number of aryl methyl sites for hydroxylation is 1. The highest BCUT2D eigenvalue weighted by Gasteiger charge is 2.30. The van der Waals surface area contributed by atoms with Gasteiger partial charge in [0.05, 0.1) is 0 Å². The lowest BCUT2D eigenvalue weighted by atomic mass is 9.77. The molecule has 3 aromatic carbocycles. The molecule has 0 radical (unpaired) electrons. The average molecular weight is 703 g/mol. The molecule has 6 rings (SSSR count). The highest BCUT2D eigenvalue weighted by molar-refractivity contribution is 6.01. The number of amides is 1. The Balaban J connectivity index is 1.11. The van der Waals surface area contributed by atoms with Crippen LogP contribution in [0.4, 0.5) is 5.69 Å². The molecule has 2 aliphatic carbocycles. The molecule has 9 nitrogen and oxygen atoms in total. The van der Waals surface area contributed by atoms with Gasteiger partial charge in [-0.1, -0.05) is 36.4 Å². The number of rotatable bonds is 14. The third-order valence-corrected chi connectivity index (χ3v) is 11.6. The van der Waals surface area contributed by atoms with Crippen LogP contribution >= 0.6 is 0 Å². The smallest absolute Gasteiger partial charge is 0.228 e. The van der Waals surface area contributed by atoms with Gasteiger partial charge in [-0.2, -0.15) is 5.11 Å². The summed E-state index contributed by atoms with van der Waals surface area (Å²) in [5.74, 6) is 1.24. The van der Waals surface area contributed by atoms with Gasteiger partial charge in [0.1, 0.15) is 5.78 Å². The first-order valence-corrected chi connectivity index (χ1v) is 19.1. The SMILES string of the molecule is Cc1cc(C(=O)CC2CCC(N(C)C)CC2)ccc1-c1ccc(CC(CC(=O)C2CCC(CN)CC2)C(=O)Nc2ccc(C3=NCN=N3)cc2)cc1. The minimum Gasteiger partial charge on any atom is -0.330 e. The van der Waals surface area contributed by atoms with Gasteiger partial charge < -0.3 is 16.0 Å². The van der Waals surface area contributed by atoms with E-state index in [0.717, 1.165) is 84.7 Å². The number of anilines is 1. The summed E-state index contributed by atoms with van der Waals surface area (Å²) < 4.78 is 0. The van der Waals surface area contributed by atoms with Crippen LogP contribution < -0.4 is 11.1 Å². The highest BCUT2D eigenvalue weighted by Crippen LogP contribution is 2.33. The second-order valence-electron chi connectivity index (χ2n) is 15.4. The van der Waals surface area contributed by atoms with E-state index < -0.39 is 5.92 Å². The normalized spacial score (nSPS) is 22.2. The van der Waals surface area contributed by atoms with Gasteiger partial charge in [-0.05, 0) is 150 Å². The van der Waals surface area contributed by atoms with E-state index >= 15 is 0 Å². The van der Waals surface area contributed by atoms with Gasteiger partial charge in [0.25, 0.3) is 0 Å². The van der Waals surface area contributed by atoms with Crippen molar-refractivity contribution in [2.24, 2.45) is 44.6 Å². The van der Waals surface area contributed by atoms with Gasteiger partial charge >= 0.3 is 0 Å². The number of amidine groups is 1. The number of azo groups is 1. The molecular formula is C43H54N6O3. The lowest BCUT2D eigenvalue weighted by Gasteiger charge is -2.32. The van der Waals surface area contributed by atoms with Crippen LogP contribution in [0.1, 0.15) is 91.3 Å². The Morgan fingerprint density at radius 1 is 0.846 bits per heavy atom.